The Balaban J connectivity index is 1.65. The quantitative estimate of drug-likeness (QED) is 0.700. The Bertz CT molecular complexity index is 336. The Kier molecular flexibility index (Phi) is 5.64. The third kappa shape index (κ3) is 4.37. The molecule has 3 amide bonds. The van der Waals surface area contributed by atoms with Gasteiger partial charge in [-0.3, -0.25) is 4.79 Å². The fourth-order valence-corrected chi connectivity index (χ4v) is 2.94. The van der Waals surface area contributed by atoms with Crippen LogP contribution in [0.15, 0.2) is 0 Å². The van der Waals surface area contributed by atoms with Crippen LogP contribution < -0.4 is 16.0 Å². The topological polar surface area (TPSA) is 73.5 Å². The summed E-state index contributed by atoms with van der Waals surface area (Å²) in [6.45, 7) is 1.87. The van der Waals surface area contributed by atoms with Crippen LogP contribution in [0.1, 0.15) is 38.5 Å². The molecule has 0 aromatic carbocycles. The van der Waals surface area contributed by atoms with Crippen molar-refractivity contribution in [2.45, 2.75) is 50.6 Å². The number of likely N-dealkylation sites (N-methyl/N-ethyl adjacent to an activating group) is 1. The van der Waals surface area contributed by atoms with Crippen LogP contribution in [0.5, 0.6) is 0 Å². The monoisotopic (exact) mass is 282 g/mol. The third-order valence-electron chi connectivity index (χ3n) is 4.32. The molecule has 1 heterocycles. The zero-order valence-corrected chi connectivity index (χ0v) is 12.3. The molecular formula is C14H26N4O2. The van der Waals surface area contributed by atoms with Gasteiger partial charge < -0.3 is 20.9 Å². The molecule has 20 heavy (non-hydrogen) atoms. The van der Waals surface area contributed by atoms with E-state index >= 15 is 0 Å². The number of urea groups is 1. The van der Waals surface area contributed by atoms with E-state index in [2.05, 4.69) is 16.0 Å². The van der Waals surface area contributed by atoms with Crippen molar-refractivity contribution in [2.75, 3.05) is 26.7 Å². The molecule has 0 aromatic rings. The van der Waals surface area contributed by atoms with Crippen LogP contribution in [0.25, 0.3) is 0 Å². The van der Waals surface area contributed by atoms with Crippen LogP contribution in [-0.2, 0) is 4.79 Å². The summed E-state index contributed by atoms with van der Waals surface area (Å²) in [5.41, 5.74) is 0. The summed E-state index contributed by atoms with van der Waals surface area (Å²) in [6.07, 6.45) is 6.71. The van der Waals surface area contributed by atoms with Crippen molar-refractivity contribution in [1.29, 1.82) is 0 Å². The number of nitrogens with one attached hydrogen (secondary N) is 3. The summed E-state index contributed by atoms with van der Waals surface area (Å²) in [5, 5.41) is 8.86. The van der Waals surface area contributed by atoms with E-state index in [0.717, 1.165) is 32.4 Å². The molecule has 6 nitrogen and oxygen atoms in total. The number of hydrogen-bond acceptors (Lipinski definition) is 3. The van der Waals surface area contributed by atoms with E-state index in [1.807, 2.05) is 0 Å². The zero-order valence-electron chi connectivity index (χ0n) is 12.3. The second-order valence-electron chi connectivity index (χ2n) is 5.81. The van der Waals surface area contributed by atoms with Gasteiger partial charge in [0.25, 0.3) is 0 Å². The molecule has 1 atom stereocenters. The Hall–Kier alpha value is -1.30. The first kappa shape index (κ1) is 15.1. The molecule has 1 saturated carbocycles. The molecule has 2 rings (SSSR count). The van der Waals surface area contributed by atoms with Crippen molar-refractivity contribution in [2.24, 2.45) is 0 Å². The largest absolute Gasteiger partial charge is 0.340 e. The molecule has 1 aliphatic heterocycles. The first-order valence-electron chi connectivity index (χ1n) is 7.67. The number of hydrogen-bond donors (Lipinski definition) is 3. The molecule has 6 heteroatoms. The van der Waals surface area contributed by atoms with Gasteiger partial charge in [0, 0.05) is 25.7 Å². The van der Waals surface area contributed by atoms with Crippen molar-refractivity contribution < 1.29 is 9.59 Å². The van der Waals surface area contributed by atoms with Crippen molar-refractivity contribution >= 4 is 11.9 Å². The lowest BCUT2D eigenvalue weighted by Crippen LogP contribution is -2.48. The van der Waals surface area contributed by atoms with Gasteiger partial charge in [0.2, 0.25) is 5.91 Å². The molecule has 1 aliphatic carbocycles. The van der Waals surface area contributed by atoms with Crippen molar-refractivity contribution in [3.05, 3.63) is 0 Å². The molecule has 2 aliphatic rings. The Morgan fingerprint density at radius 3 is 2.60 bits per heavy atom. The highest BCUT2D eigenvalue weighted by molar-refractivity contribution is 5.84. The average molecular weight is 282 g/mol. The predicted octanol–water partition coefficient (Wildman–Crippen LogP) is 0.439. The summed E-state index contributed by atoms with van der Waals surface area (Å²) in [5.74, 6) is -0.0301. The lowest BCUT2D eigenvalue weighted by molar-refractivity contribution is -0.130. The molecule has 0 spiro atoms. The minimum absolute atomic E-state index is 0.0301. The van der Waals surface area contributed by atoms with E-state index in [1.54, 1.807) is 11.9 Å². The summed E-state index contributed by atoms with van der Waals surface area (Å²) in [4.78, 5) is 25.5. The minimum atomic E-state index is -0.219. The summed E-state index contributed by atoms with van der Waals surface area (Å²) < 4.78 is 0. The Morgan fingerprint density at radius 1 is 1.20 bits per heavy atom. The van der Waals surface area contributed by atoms with Gasteiger partial charge in [0.15, 0.2) is 0 Å². The predicted molar refractivity (Wildman–Crippen MR) is 77.5 cm³/mol. The van der Waals surface area contributed by atoms with E-state index in [1.165, 1.54) is 19.3 Å². The van der Waals surface area contributed by atoms with Crippen molar-refractivity contribution in [3.63, 3.8) is 0 Å². The Morgan fingerprint density at radius 2 is 1.95 bits per heavy atom. The highest BCUT2D eigenvalue weighted by Crippen LogP contribution is 2.17. The molecule has 114 valence electrons. The van der Waals surface area contributed by atoms with Crippen LogP contribution >= 0.6 is 0 Å². The van der Waals surface area contributed by atoms with Crippen molar-refractivity contribution in [3.8, 4) is 0 Å². The average Bonchev–Trinajstić information content (AvgIpc) is 2.99. The highest BCUT2D eigenvalue weighted by atomic mass is 16.2. The van der Waals surface area contributed by atoms with Gasteiger partial charge in [-0.15, -0.1) is 0 Å². The van der Waals surface area contributed by atoms with E-state index in [4.69, 9.17) is 0 Å². The normalized spacial score (nSPS) is 23.4. The van der Waals surface area contributed by atoms with Gasteiger partial charge in [-0.2, -0.15) is 0 Å². The zero-order chi connectivity index (χ0) is 14.4. The fourth-order valence-electron chi connectivity index (χ4n) is 2.94. The van der Waals surface area contributed by atoms with Crippen LogP contribution in [0.4, 0.5) is 4.79 Å². The van der Waals surface area contributed by atoms with Gasteiger partial charge in [-0.1, -0.05) is 19.3 Å². The molecule has 0 aromatic heterocycles. The smallest absolute Gasteiger partial charge is 0.315 e. The maximum atomic E-state index is 12.0. The lowest BCUT2D eigenvalue weighted by Gasteiger charge is -2.25. The van der Waals surface area contributed by atoms with Crippen LogP contribution in [0, 0.1) is 0 Å². The highest BCUT2D eigenvalue weighted by Gasteiger charge is 2.23. The molecule has 2 fully saturated rings. The first-order chi connectivity index (χ1) is 9.66. The van der Waals surface area contributed by atoms with E-state index in [9.17, 15) is 9.59 Å². The molecule has 3 N–H and O–H groups in total. The lowest BCUT2D eigenvalue weighted by atomic mass is 9.96. The van der Waals surface area contributed by atoms with Gasteiger partial charge in [0.05, 0.1) is 6.54 Å². The molecule has 0 radical (unpaired) electrons. The Labute approximate surface area is 120 Å². The number of rotatable bonds is 4. The second kappa shape index (κ2) is 7.47. The van der Waals surface area contributed by atoms with Gasteiger partial charge in [0.1, 0.15) is 0 Å². The van der Waals surface area contributed by atoms with Crippen LogP contribution in [-0.4, -0.2) is 55.6 Å². The van der Waals surface area contributed by atoms with Crippen molar-refractivity contribution in [1.82, 2.24) is 20.9 Å². The van der Waals surface area contributed by atoms with Crippen LogP contribution in [0.2, 0.25) is 0 Å². The van der Waals surface area contributed by atoms with E-state index in [-0.39, 0.29) is 30.6 Å². The van der Waals surface area contributed by atoms with Gasteiger partial charge in [-0.05, 0) is 25.8 Å². The van der Waals surface area contributed by atoms with E-state index < -0.39 is 0 Å². The first-order valence-corrected chi connectivity index (χ1v) is 7.67. The molecule has 0 bridgehead atoms. The summed E-state index contributed by atoms with van der Waals surface area (Å²) in [7, 11) is 1.81. The summed E-state index contributed by atoms with van der Waals surface area (Å²) >= 11 is 0. The van der Waals surface area contributed by atoms with Crippen LogP contribution in [0.3, 0.4) is 0 Å². The molecule has 1 unspecified atom stereocenters. The third-order valence-corrected chi connectivity index (χ3v) is 4.32. The second-order valence-corrected chi connectivity index (χ2v) is 5.81. The minimum Gasteiger partial charge on any atom is -0.340 e. The maximum Gasteiger partial charge on any atom is 0.315 e. The SMILES string of the molecule is CN(C(=O)CNC(=O)NC1CCCCC1)C1CCNC1. The maximum absolute atomic E-state index is 12.0. The molecule has 1 saturated heterocycles. The fraction of sp³-hybridized carbons (Fsp3) is 0.857. The van der Waals surface area contributed by atoms with Gasteiger partial charge in [-0.25, -0.2) is 4.79 Å². The standard InChI is InChI=1S/C14H26N4O2/c1-18(12-7-8-15-9-12)13(19)10-16-14(20)17-11-5-3-2-4-6-11/h11-12,15H,2-10H2,1H3,(H2,16,17,20). The number of nitrogens with zero attached hydrogens (tertiary/aromatic N) is 1. The summed E-state index contributed by atoms with van der Waals surface area (Å²) in [6, 6.07) is 0.310. The number of amides is 3. The van der Waals surface area contributed by atoms with Gasteiger partial charge >= 0.3 is 6.03 Å². The number of carbonyl (C=O) groups is 2. The number of carbonyl (C=O) groups excluding carboxylic acids is 2. The molecular weight excluding hydrogens is 256 g/mol. The van der Waals surface area contributed by atoms with E-state index in [0.29, 0.717) is 0 Å².